The van der Waals surface area contributed by atoms with Gasteiger partial charge in [0.05, 0.1) is 12.7 Å². The van der Waals surface area contributed by atoms with E-state index in [4.69, 9.17) is 14.7 Å². The van der Waals surface area contributed by atoms with Crippen molar-refractivity contribution in [2.75, 3.05) is 13.2 Å². The van der Waals surface area contributed by atoms with Gasteiger partial charge in [-0.2, -0.15) is 5.26 Å². The molecule has 1 rings (SSSR count). The van der Waals surface area contributed by atoms with Gasteiger partial charge in [0.25, 0.3) is 0 Å². The van der Waals surface area contributed by atoms with Crippen molar-refractivity contribution in [3.63, 3.8) is 0 Å². The molecule has 1 saturated heterocycles. The minimum absolute atomic E-state index is 0.0159. The minimum Gasteiger partial charge on any atom is -0.353 e. The van der Waals surface area contributed by atoms with Gasteiger partial charge in [-0.3, -0.25) is 0 Å². The van der Waals surface area contributed by atoms with Gasteiger partial charge in [0.1, 0.15) is 0 Å². The van der Waals surface area contributed by atoms with Gasteiger partial charge in [-0.15, -0.1) is 0 Å². The van der Waals surface area contributed by atoms with E-state index in [1.54, 1.807) is 0 Å². The zero-order valence-electron chi connectivity index (χ0n) is 11.2. The van der Waals surface area contributed by atoms with Crippen LogP contribution in [0.3, 0.4) is 0 Å². The second-order valence-corrected chi connectivity index (χ2v) is 5.64. The molecule has 17 heavy (non-hydrogen) atoms. The molecular formula is C14H25NO2. The van der Waals surface area contributed by atoms with E-state index >= 15 is 0 Å². The molecule has 0 bridgehead atoms. The number of nitrogens with zero attached hydrogens (tertiary/aromatic N) is 1. The third-order valence-electron chi connectivity index (χ3n) is 3.19. The van der Waals surface area contributed by atoms with Crippen LogP contribution >= 0.6 is 0 Å². The van der Waals surface area contributed by atoms with Crippen molar-refractivity contribution in [1.82, 2.24) is 0 Å². The van der Waals surface area contributed by atoms with Gasteiger partial charge in [0, 0.05) is 13.0 Å². The summed E-state index contributed by atoms with van der Waals surface area (Å²) in [5.41, 5.74) is 0.191. The predicted octanol–water partition coefficient (Wildman–Crippen LogP) is 3.64. The van der Waals surface area contributed by atoms with Crippen molar-refractivity contribution in [2.24, 2.45) is 5.41 Å². The third kappa shape index (κ3) is 6.65. The van der Waals surface area contributed by atoms with Gasteiger partial charge in [0.2, 0.25) is 0 Å². The highest BCUT2D eigenvalue weighted by Gasteiger charge is 2.21. The van der Waals surface area contributed by atoms with Crippen LogP contribution < -0.4 is 0 Å². The average Bonchev–Trinajstić information content (AvgIpc) is 2.34. The monoisotopic (exact) mass is 239 g/mol. The zero-order valence-corrected chi connectivity index (χ0v) is 11.2. The maximum Gasteiger partial charge on any atom is 0.157 e. The van der Waals surface area contributed by atoms with Gasteiger partial charge < -0.3 is 9.47 Å². The van der Waals surface area contributed by atoms with Crippen molar-refractivity contribution >= 4 is 0 Å². The predicted molar refractivity (Wildman–Crippen MR) is 67.4 cm³/mol. The summed E-state index contributed by atoms with van der Waals surface area (Å²) in [5.74, 6) is 0. The van der Waals surface area contributed by atoms with Gasteiger partial charge in [0.15, 0.2) is 6.29 Å². The first-order valence-corrected chi connectivity index (χ1v) is 6.74. The number of ether oxygens (including phenoxy) is 2. The van der Waals surface area contributed by atoms with Crippen LogP contribution in [0.5, 0.6) is 0 Å². The molecule has 1 unspecified atom stereocenters. The third-order valence-corrected chi connectivity index (χ3v) is 3.19. The van der Waals surface area contributed by atoms with E-state index in [0.29, 0.717) is 6.42 Å². The minimum atomic E-state index is 0.0159. The van der Waals surface area contributed by atoms with Crippen molar-refractivity contribution < 1.29 is 9.47 Å². The smallest absolute Gasteiger partial charge is 0.157 e. The Kier molecular flexibility index (Phi) is 6.54. The van der Waals surface area contributed by atoms with Crippen molar-refractivity contribution in [2.45, 2.75) is 65.1 Å². The SMILES string of the molecule is CC(C)(CCCCC#N)COC1CCCCO1. The molecule has 3 heteroatoms. The van der Waals surface area contributed by atoms with Gasteiger partial charge in [-0.1, -0.05) is 20.3 Å². The first kappa shape index (κ1) is 14.5. The molecule has 0 N–H and O–H groups in total. The molecule has 0 saturated carbocycles. The fourth-order valence-corrected chi connectivity index (χ4v) is 2.04. The largest absolute Gasteiger partial charge is 0.353 e. The van der Waals surface area contributed by atoms with Crippen LogP contribution in [0.2, 0.25) is 0 Å². The molecule has 1 aliphatic heterocycles. The fraction of sp³-hybridized carbons (Fsp3) is 0.929. The quantitative estimate of drug-likeness (QED) is 0.637. The van der Waals surface area contributed by atoms with Crippen LogP contribution in [-0.4, -0.2) is 19.5 Å². The Morgan fingerprint density at radius 2 is 2.18 bits per heavy atom. The van der Waals surface area contributed by atoms with Crippen LogP contribution in [0.15, 0.2) is 0 Å². The summed E-state index contributed by atoms with van der Waals surface area (Å²) in [7, 11) is 0. The Morgan fingerprint density at radius 3 is 2.82 bits per heavy atom. The molecule has 0 aliphatic carbocycles. The van der Waals surface area contributed by atoms with Gasteiger partial charge in [-0.05, 0) is 37.5 Å². The standard InChI is InChI=1S/C14H25NO2/c1-14(2,9-5-3-6-10-15)12-17-13-8-4-7-11-16-13/h13H,3-9,11-12H2,1-2H3. The van der Waals surface area contributed by atoms with E-state index in [1.165, 1.54) is 6.42 Å². The molecule has 98 valence electrons. The van der Waals surface area contributed by atoms with Crippen LogP contribution in [-0.2, 0) is 9.47 Å². The average molecular weight is 239 g/mol. The lowest BCUT2D eigenvalue weighted by molar-refractivity contribution is -0.176. The molecule has 1 aliphatic rings. The Balaban J connectivity index is 2.12. The Hall–Kier alpha value is -0.590. The Labute approximate surface area is 105 Å². The van der Waals surface area contributed by atoms with E-state index < -0.39 is 0 Å². The second kappa shape index (κ2) is 7.68. The van der Waals surface area contributed by atoms with Gasteiger partial charge >= 0.3 is 0 Å². The van der Waals surface area contributed by atoms with E-state index in [2.05, 4.69) is 19.9 Å². The summed E-state index contributed by atoms with van der Waals surface area (Å²) in [6.45, 7) is 6.04. The number of hydrogen-bond acceptors (Lipinski definition) is 3. The summed E-state index contributed by atoms with van der Waals surface area (Å²) in [4.78, 5) is 0. The zero-order chi connectivity index (χ0) is 12.6. The van der Waals surface area contributed by atoms with Crippen LogP contribution in [0, 0.1) is 16.7 Å². The molecule has 0 amide bonds. The number of unbranched alkanes of at least 4 members (excludes halogenated alkanes) is 2. The summed E-state index contributed by atoms with van der Waals surface area (Å²) in [5, 5.41) is 8.48. The van der Waals surface area contributed by atoms with Crippen molar-refractivity contribution in [1.29, 1.82) is 5.26 Å². The number of rotatable bonds is 7. The Bertz CT molecular complexity index is 239. The second-order valence-electron chi connectivity index (χ2n) is 5.64. The van der Waals surface area contributed by atoms with E-state index in [0.717, 1.165) is 45.3 Å². The van der Waals surface area contributed by atoms with Crippen LogP contribution in [0.1, 0.15) is 58.8 Å². The van der Waals surface area contributed by atoms with E-state index in [1.807, 2.05) is 0 Å². The summed E-state index contributed by atoms with van der Waals surface area (Å²) < 4.78 is 11.4. The molecule has 1 fully saturated rings. The molecule has 0 aromatic heterocycles. The van der Waals surface area contributed by atoms with E-state index in [-0.39, 0.29) is 11.7 Å². The Morgan fingerprint density at radius 1 is 1.35 bits per heavy atom. The first-order chi connectivity index (χ1) is 8.14. The summed E-state index contributed by atoms with van der Waals surface area (Å²) >= 11 is 0. The molecule has 3 nitrogen and oxygen atoms in total. The molecule has 1 heterocycles. The van der Waals surface area contributed by atoms with Crippen LogP contribution in [0.25, 0.3) is 0 Å². The molecule has 1 atom stereocenters. The fourth-order valence-electron chi connectivity index (χ4n) is 2.04. The lowest BCUT2D eigenvalue weighted by Crippen LogP contribution is -2.28. The lowest BCUT2D eigenvalue weighted by atomic mass is 9.88. The molecule has 0 aromatic carbocycles. The highest BCUT2D eigenvalue weighted by molar-refractivity contribution is 4.72. The maximum absolute atomic E-state index is 8.48. The molecular weight excluding hydrogens is 214 g/mol. The number of nitriles is 1. The summed E-state index contributed by atoms with van der Waals surface area (Å²) in [6.07, 6.45) is 7.32. The first-order valence-electron chi connectivity index (χ1n) is 6.74. The molecule has 0 spiro atoms. The highest BCUT2D eigenvalue weighted by Crippen LogP contribution is 2.26. The van der Waals surface area contributed by atoms with Crippen LogP contribution in [0.4, 0.5) is 0 Å². The van der Waals surface area contributed by atoms with Crippen molar-refractivity contribution in [3.05, 3.63) is 0 Å². The van der Waals surface area contributed by atoms with Crippen molar-refractivity contribution in [3.8, 4) is 6.07 Å². The highest BCUT2D eigenvalue weighted by atomic mass is 16.7. The normalized spacial score (nSPS) is 21.1. The lowest BCUT2D eigenvalue weighted by Gasteiger charge is -2.29. The maximum atomic E-state index is 8.48. The molecule has 0 aromatic rings. The topological polar surface area (TPSA) is 42.2 Å². The van der Waals surface area contributed by atoms with Gasteiger partial charge in [-0.25, -0.2) is 0 Å². The molecule has 0 radical (unpaired) electrons. The number of hydrogen-bond donors (Lipinski definition) is 0. The van der Waals surface area contributed by atoms with E-state index in [9.17, 15) is 0 Å². The summed E-state index contributed by atoms with van der Waals surface area (Å²) in [6, 6.07) is 2.19.